The van der Waals surface area contributed by atoms with Gasteiger partial charge in [-0.3, -0.25) is 0 Å². The maximum atomic E-state index is 13.0. The molecule has 1 fully saturated rings. The molecule has 0 bridgehead atoms. The van der Waals surface area contributed by atoms with Crippen molar-refractivity contribution in [1.29, 1.82) is 0 Å². The molecule has 0 saturated carbocycles. The third-order valence-electron chi connectivity index (χ3n) is 6.86. The van der Waals surface area contributed by atoms with E-state index in [4.69, 9.17) is 35.3 Å². The lowest BCUT2D eigenvalue weighted by Crippen LogP contribution is -2.61. The first kappa shape index (κ1) is 29.9. The molecule has 0 aliphatic carbocycles. The van der Waals surface area contributed by atoms with Crippen LogP contribution < -0.4 is 0 Å². The summed E-state index contributed by atoms with van der Waals surface area (Å²) >= 11 is 6.08. The molecular formula is C34H33ClO7. The van der Waals surface area contributed by atoms with Crippen molar-refractivity contribution in [2.45, 2.75) is 50.5 Å². The Kier molecular flexibility index (Phi) is 10.7. The molecule has 1 N–H and O–H groups in total. The molecule has 1 aliphatic heterocycles. The Hall–Kier alpha value is -3.56. The van der Waals surface area contributed by atoms with E-state index in [0.29, 0.717) is 11.6 Å². The number of halogens is 1. The van der Waals surface area contributed by atoms with E-state index in [0.717, 1.165) is 16.7 Å². The largest absolute Gasteiger partial charge is 0.429 e. The number of aliphatic hydroxyl groups excluding tert-OH is 1. The maximum Gasteiger partial charge on any atom is 0.340 e. The summed E-state index contributed by atoms with van der Waals surface area (Å²) in [6.45, 7) is 0.921. The van der Waals surface area contributed by atoms with Crippen LogP contribution in [0.3, 0.4) is 0 Å². The molecule has 5 atom stereocenters. The van der Waals surface area contributed by atoms with Gasteiger partial charge in [0.05, 0.1) is 32.0 Å². The number of hydrogen-bond donors (Lipinski definition) is 1. The Bertz CT molecular complexity index is 1390. The van der Waals surface area contributed by atoms with E-state index in [-0.39, 0.29) is 25.4 Å². The Morgan fingerprint density at radius 1 is 0.714 bits per heavy atom. The summed E-state index contributed by atoms with van der Waals surface area (Å²) in [6, 6.07) is 35.5. The van der Waals surface area contributed by atoms with Gasteiger partial charge in [-0.2, -0.15) is 0 Å². The van der Waals surface area contributed by atoms with Crippen LogP contribution >= 0.6 is 11.6 Å². The number of rotatable bonds is 12. The van der Waals surface area contributed by atoms with Crippen LogP contribution in [-0.2, 0) is 43.5 Å². The number of aliphatic hydroxyl groups is 1. The quantitative estimate of drug-likeness (QED) is 0.204. The van der Waals surface area contributed by atoms with Gasteiger partial charge in [-0.05, 0) is 34.9 Å². The van der Waals surface area contributed by atoms with Gasteiger partial charge < -0.3 is 28.8 Å². The summed E-state index contributed by atoms with van der Waals surface area (Å²) in [4.78, 5) is 13.0. The summed E-state index contributed by atoms with van der Waals surface area (Å²) in [5, 5.41) is 11.9. The Labute approximate surface area is 250 Å². The summed E-state index contributed by atoms with van der Waals surface area (Å²) in [7, 11) is 0. The zero-order valence-corrected chi connectivity index (χ0v) is 23.7. The van der Waals surface area contributed by atoms with Gasteiger partial charge in [-0.25, -0.2) is 4.79 Å². The third kappa shape index (κ3) is 8.26. The number of benzene rings is 4. The van der Waals surface area contributed by atoms with Crippen molar-refractivity contribution in [3.63, 3.8) is 0 Å². The number of carbonyl (C=O) groups excluding carboxylic acids is 1. The SMILES string of the molecule is O=C(OC1O[C@H](COCc2ccccc2)[C@H](OCc2ccccc2)[C@H](OCc2ccccc2)[C@H]1O)c1cccc(Cl)c1. The second kappa shape index (κ2) is 15.1. The molecule has 5 rings (SSSR count). The molecule has 1 saturated heterocycles. The first-order valence-electron chi connectivity index (χ1n) is 13.8. The van der Waals surface area contributed by atoms with Crippen molar-refractivity contribution >= 4 is 17.6 Å². The number of carbonyl (C=O) groups is 1. The third-order valence-corrected chi connectivity index (χ3v) is 7.10. The fourth-order valence-corrected chi connectivity index (χ4v) is 4.90. The number of hydrogen-bond acceptors (Lipinski definition) is 7. The van der Waals surface area contributed by atoms with E-state index in [1.165, 1.54) is 6.07 Å². The molecule has 4 aromatic carbocycles. The minimum absolute atomic E-state index is 0.109. The Balaban J connectivity index is 1.38. The van der Waals surface area contributed by atoms with Crippen molar-refractivity contribution in [2.24, 2.45) is 0 Å². The van der Waals surface area contributed by atoms with Gasteiger partial charge in [-0.1, -0.05) is 109 Å². The number of ether oxygens (including phenoxy) is 5. The zero-order chi connectivity index (χ0) is 29.1. The second-order valence-electron chi connectivity index (χ2n) is 9.97. The standard InChI is InChI=1S/C34H33ClO7/c35-28-18-10-17-27(19-28)33(37)42-34-30(36)32(40-22-26-15-8-3-9-16-26)31(39-21-25-13-6-2-7-14-25)29(41-34)23-38-20-24-11-4-1-5-12-24/h1-19,29-32,34,36H,20-23H2/t29-,30-,31+,32-,34?/m1/s1. The highest BCUT2D eigenvalue weighted by molar-refractivity contribution is 6.30. The highest BCUT2D eigenvalue weighted by atomic mass is 35.5. The van der Waals surface area contributed by atoms with Crippen molar-refractivity contribution in [3.8, 4) is 0 Å². The summed E-state index contributed by atoms with van der Waals surface area (Å²) < 4.78 is 30.6. The van der Waals surface area contributed by atoms with Gasteiger partial charge in [-0.15, -0.1) is 0 Å². The topological polar surface area (TPSA) is 83.5 Å². The van der Waals surface area contributed by atoms with Crippen molar-refractivity contribution in [3.05, 3.63) is 143 Å². The van der Waals surface area contributed by atoms with Gasteiger partial charge >= 0.3 is 5.97 Å². The Morgan fingerprint density at radius 2 is 1.26 bits per heavy atom. The van der Waals surface area contributed by atoms with Crippen molar-refractivity contribution in [2.75, 3.05) is 6.61 Å². The average molecular weight is 589 g/mol. The van der Waals surface area contributed by atoms with Gasteiger partial charge in [0.2, 0.25) is 6.29 Å². The molecule has 218 valence electrons. The van der Waals surface area contributed by atoms with Crippen LogP contribution in [0.25, 0.3) is 0 Å². The molecule has 0 aromatic heterocycles. The Morgan fingerprint density at radius 3 is 1.83 bits per heavy atom. The average Bonchev–Trinajstić information content (AvgIpc) is 3.02. The fraction of sp³-hybridized carbons (Fsp3) is 0.265. The normalized spacial score (nSPS) is 22.0. The lowest BCUT2D eigenvalue weighted by atomic mass is 9.98. The van der Waals surface area contributed by atoms with Crippen LogP contribution in [0.15, 0.2) is 115 Å². The molecule has 1 unspecified atom stereocenters. The van der Waals surface area contributed by atoms with Crippen LogP contribution in [0.1, 0.15) is 27.0 Å². The van der Waals surface area contributed by atoms with Crippen LogP contribution in [0.2, 0.25) is 5.02 Å². The molecule has 0 radical (unpaired) electrons. The van der Waals surface area contributed by atoms with Gasteiger partial charge in [0, 0.05) is 5.02 Å². The number of esters is 1. The highest BCUT2D eigenvalue weighted by Gasteiger charge is 2.48. The molecule has 1 heterocycles. The lowest BCUT2D eigenvalue weighted by Gasteiger charge is -2.43. The van der Waals surface area contributed by atoms with Crippen LogP contribution in [0, 0.1) is 0 Å². The first-order valence-corrected chi connectivity index (χ1v) is 14.2. The van der Waals surface area contributed by atoms with E-state index in [9.17, 15) is 9.90 Å². The summed E-state index contributed by atoms with van der Waals surface area (Å²) in [6.07, 6.45) is -5.04. The van der Waals surface area contributed by atoms with E-state index < -0.39 is 36.7 Å². The molecule has 8 heteroatoms. The summed E-state index contributed by atoms with van der Waals surface area (Å²) in [5.41, 5.74) is 3.10. The van der Waals surface area contributed by atoms with E-state index >= 15 is 0 Å². The smallest absolute Gasteiger partial charge is 0.340 e. The van der Waals surface area contributed by atoms with Crippen molar-refractivity contribution < 1.29 is 33.6 Å². The molecule has 42 heavy (non-hydrogen) atoms. The predicted octanol–water partition coefficient (Wildman–Crippen LogP) is 5.97. The summed E-state index contributed by atoms with van der Waals surface area (Å²) in [5.74, 6) is -0.684. The predicted molar refractivity (Wildman–Crippen MR) is 158 cm³/mol. The fourth-order valence-electron chi connectivity index (χ4n) is 4.71. The molecule has 4 aromatic rings. The van der Waals surface area contributed by atoms with Crippen LogP contribution in [0.4, 0.5) is 0 Å². The van der Waals surface area contributed by atoms with Gasteiger partial charge in [0.1, 0.15) is 24.4 Å². The maximum absolute atomic E-state index is 13.0. The van der Waals surface area contributed by atoms with E-state index in [2.05, 4.69) is 0 Å². The molecule has 0 amide bonds. The second-order valence-corrected chi connectivity index (χ2v) is 10.4. The zero-order valence-electron chi connectivity index (χ0n) is 23.0. The van der Waals surface area contributed by atoms with Gasteiger partial charge in [0.25, 0.3) is 0 Å². The van der Waals surface area contributed by atoms with Crippen LogP contribution in [0.5, 0.6) is 0 Å². The molecule has 0 spiro atoms. The lowest BCUT2D eigenvalue weighted by molar-refractivity contribution is -0.305. The minimum atomic E-state index is -1.34. The van der Waals surface area contributed by atoms with Crippen LogP contribution in [-0.4, -0.2) is 48.4 Å². The monoisotopic (exact) mass is 588 g/mol. The highest BCUT2D eigenvalue weighted by Crippen LogP contribution is 2.30. The van der Waals surface area contributed by atoms with E-state index in [1.54, 1.807) is 18.2 Å². The molecule has 1 aliphatic rings. The van der Waals surface area contributed by atoms with Gasteiger partial charge in [0.15, 0.2) is 0 Å². The van der Waals surface area contributed by atoms with E-state index in [1.807, 2.05) is 91.0 Å². The molecule has 7 nitrogen and oxygen atoms in total. The minimum Gasteiger partial charge on any atom is -0.429 e. The molecular weight excluding hydrogens is 556 g/mol. The van der Waals surface area contributed by atoms with Crippen molar-refractivity contribution in [1.82, 2.24) is 0 Å². The first-order chi connectivity index (χ1) is 20.6.